The number of fused-ring (bicyclic) bond motifs is 2. The Morgan fingerprint density at radius 1 is 1.09 bits per heavy atom. The fourth-order valence-corrected chi connectivity index (χ4v) is 3.61. The van der Waals surface area contributed by atoms with Crippen molar-refractivity contribution in [3.8, 4) is 22.6 Å². The quantitative estimate of drug-likeness (QED) is 0.378. The van der Waals surface area contributed by atoms with Crippen molar-refractivity contribution in [2.75, 3.05) is 5.32 Å². The number of aromatic amines is 2. The third-order valence-electron chi connectivity index (χ3n) is 5.43. The number of H-pyrrole nitrogens is 2. The summed E-state index contributed by atoms with van der Waals surface area (Å²) in [6.45, 7) is 7.32. The molecule has 0 aromatic carbocycles. The highest BCUT2D eigenvalue weighted by molar-refractivity contribution is 5.96. The number of carbonyl (C=O) groups is 1. The zero-order valence-corrected chi connectivity index (χ0v) is 16.6. The van der Waals surface area contributed by atoms with Crippen LogP contribution in [0.4, 0.5) is 11.4 Å². The summed E-state index contributed by atoms with van der Waals surface area (Å²) in [5, 5.41) is 11.0. The molecular weight excluding hydrogens is 406 g/mol. The van der Waals surface area contributed by atoms with Gasteiger partial charge in [0.25, 0.3) is 0 Å². The van der Waals surface area contributed by atoms with Crippen LogP contribution in [-0.2, 0) is 4.79 Å². The maximum absolute atomic E-state index is 12.1. The van der Waals surface area contributed by atoms with Gasteiger partial charge in [0.2, 0.25) is 11.6 Å². The summed E-state index contributed by atoms with van der Waals surface area (Å²) in [7, 11) is 0. The van der Waals surface area contributed by atoms with Crippen molar-refractivity contribution in [2.24, 2.45) is 5.92 Å². The lowest BCUT2D eigenvalue weighted by Crippen LogP contribution is -2.13. The van der Waals surface area contributed by atoms with Crippen LogP contribution in [0.5, 0.6) is 0 Å². The summed E-state index contributed by atoms with van der Waals surface area (Å²) < 4.78 is 0. The number of carbonyl (C=O) groups excluding carboxylic acids is 1. The standard InChI is InChI=1S/C22H15N9O/c1-23-16-9-25-10-17-19(16)29-21(28-17)18-15-5-13(7-26-20(15)31-30-18)12-4-14(8-24-6-12)27-22(32)11-2-3-11/h4-11H,2-3H2,(H,27,32)(H,28,29)(H,26,30,31). The predicted molar refractivity (Wildman–Crippen MR) is 118 cm³/mol. The highest BCUT2D eigenvalue weighted by atomic mass is 16.2. The van der Waals surface area contributed by atoms with Crippen molar-refractivity contribution in [3.63, 3.8) is 0 Å². The van der Waals surface area contributed by atoms with Crippen molar-refractivity contribution in [2.45, 2.75) is 12.8 Å². The second-order valence-electron chi connectivity index (χ2n) is 7.67. The molecule has 0 aliphatic heterocycles. The van der Waals surface area contributed by atoms with E-state index >= 15 is 0 Å². The lowest BCUT2D eigenvalue weighted by Gasteiger charge is -2.06. The van der Waals surface area contributed by atoms with Crippen molar-refractivity contribution in [1.82, 2.24) is 35.1 Å². The first-order valence-corrected chi connectivity index (χ1v) is 10.0. The lowest BCUT2D eigenvalue weighted by atomic mass is 10.1. The molecule has 0 atom stereocenters. The van der Waals surface area contributed by atoms with E-state index in [0.29, 0.717) is 39.6 Å². The van der Waals surface area contributed by atoms with Gasteiger partial charge in [0.15, 0.2) is 11.5 Å². The lowest BCUT2D eigenvalue weighted by molar-refractivity contribution is -0.117. The molecule has 1 aliphatic carbocycles. The second-order valence-corrected chi connectivity index (χ2v) is 7.67. The molecule has 1 amide bonds. The first-order valence-electron chi connectivity index (χ1n) is 10.0. The Hall–Kier alpha value is -4.65. The van der Waals surface area contributed by atoms with Gasteiger partial charge in [0, 0.05) is 41.8 Å². The van der Waals surface area contributed by atoms with Crippen molar-refractivity contribution in [1.29, 1.82) is 0 Å². The van der Waals surface area contributed by atoms with Crippen LogP contribution in [0.2, 0.25) is 0 Å². The van der Waals surface area contributed by atoms with E-state index in [1.54, 1.807) is 24.8 Å². The Balaban J connectivity index is 1.41. The van der Waals surface area contributed by atoms with E-state index in [9.17, 15) is 4.79 Å². The molecule has 5 aromatic heterocycles. The number of pyridine rings is 3. The summed E-state index contributed by atoms with van der Waals surface area (Å²) in [6.07, 6.45) is 10.1. The SMILES string of the molecule is [C-]#[N+]c1cncc2[nH]c(-c3[nH]nc4ncc(-c5cncc(NC(=O)C6CC6)c5)cc34)nc12. The number of nitrogens with zero attached hydrogens (tertiary/aromatic N) is 6. The monoisotopic (exact) mass is 421 g/mol. The van der Waals surface area contributed by atoms with E-state index in [1.807, 2.05) is 12.1 Å². The van der Waals surface area contributed by atoms with Crippen LogP contribution < -0.4 is 5.32 Å². The summed E-state index contributed by atoms with van der Waals surface area (Å²) in [4.78, 5) is 36.2. The molecule has 0 spiro atoms. The van der Waals surface area contributed by atoms with Gasteiger partial charge in [0.1, 0.15) is 5.69 Å². The normalized spacial score (nSPS) is 13.3. The average molecular weight is 421 g/mol. The number of hydrogen-bond donors (Lipinski definition) is 3. The van der Waals surface area contributed by atoms with Crippen molar-refractivity contribution >= 4 is 39.3 Å². The Morgan fingerprint density at radius 2 is 1.94 bits per heavy atom. The number of nitrogens with one attached hydrogen (secondary N) is 3. The number of hydrogen-bond acceptors (Lipinski definition) is 6. The summed E-state index contributed by atoms with van der Waals surface area (Å²) in [6, 6.07) is 3.83. The van der Waals surface area contributed by atoms with Crippen LogP contribution in [0.3, 0.4) is 0 Å². The van der Waals surface area contributed by atoms with Gasteiger partial charge in [-0.05, 0) is 25.0 Å². The molecule has 0 unspecified atom stereocenters. The largest absolute Gasteiger partial charge is 0.337 e. The molecule has 3 N–H and O–H groups in total. The minimum atomic E-state index is 0.0350. The van der Waals surface area contributed by atoms with Gasteiger partial charge in [0.05, 0.1) is 34.9 Å². The number of anilines is 1. The Labute approximate surface area is 181 Å². The fraction of sp³-hybridized carbons (Fsp3) is 0.136. The molecule has 32 heavy (non-hydrogen) atoms. The van der Waals surface area contributed by atoms with Crippen molar-refractivity contribution < 1.29 is 4.79 Å². The minimum Gasteiger partial charge on any atom is -0.337 e. The van der Waals surface area contributed by atoms with Gasteiger partial charge in [-0.1, -0.05) is 0 Å². The van der Waals surface area contributed by atoms with Crippen LogP contribution >= 0.6 is 0 Å². The van der Waals surface area contributed by atoms with Gasteiger partial charge in [-0.3, -0.25) is 19.9 Å². The van der Waals surface area contributed by atoms with E-state index in [0.717, 1.165) is 29.4 Å². The summed E-state index contributed by atoms with van der Waals surface area (Å²) >= 11 is 0. The number of imidazole rings is 1. The van der Waals surface area contributed by atoms with Gasteiger partial charge in [-0.2, -0.15) is 5.10 Å². The van der Waals surface area contributed by atoms with E-state index in [-0.39, 0.29) is 11.8 Å². The summed E-state index contributed by atoms with van der Waals surface area (Å²) in [5.41, 5.74) is 5.11. The predicted octanol–water partition coefficient (Wildman–Crippen LogP) is 3.86. The summed E-state index contributed by atoms with van der Waals surface area (Å²) in [5.74, 6) is 0.697. The minimum absolute atomic E-state index is 0.0350. The first-order chi connectivity index (χ1) is 15.7. The maximum atomic E-state index is 12.1. The van der Waals surface area contributed by atoms with Crippen molar-refractivity contribution in [3.05, 3.63) is 54.5 Å². The first kappa shape index (κ1) is 18.1. The van der Waals surface area contributed by atoms with Gasteiger partial charge >= 0.3 is 0 Å². The highest BCUT2D eigenvalue weighted by Crippen LogP contribution is 2.32. The molecule has 1 fully saturated rings. The molecule has 0 radical (unpaired) electrons. The van der Waals surface area contributed by atoms with Crippen LogP contribution in [0.15, 0.2) is 43.1 Å². The Kier molecular flexibility index (Phi) is 3.94. The maximum Gasteiger partial charge on any atom is 0.232 e. The Bertz CT molecular complexity index is 1560. The third-order valence-corrected chi connectivity index (χ3v) is 5.43. The molecule has 6 rings (SSSR count). The smallest absolute Gasteiger partial charge is 0.232 e. The van der Waals surface area contributed by atoms with E-state index in [4.69, 9.17) is 6.57 Å². The van der Waals surface area contributed by atoms with Gasteiger partial charge in [-0.15, -0.1) is 0 Å². The number of rotatable bonds is 4. The molecule has 0 saturated heterocycles. The molecule has 1 saturated carbocycles. The topological polar surface area (TPSA) is 129 Å². The average Bonchev–Trinajstić information content (AvgIpc) is 3.45. The number of aromatic nitrogens is 7. The molecule has 5 heterocycles. The zero-order chi connectivity index (χ0) is 21.7. The van der Waals surface area contributed by atoms with E-state index in [2.05, 4.69) is 45.3 Å². The van der Waals surface area contributed by atoms with Crippen LogP contribution in [-0.4, -0.2) is 41.0 Å². The third kappa shape index (κ3) is 3.04. The van der Waals surface area contributed by atoms with Crippen LogP contribution in [0, 0.1) is 12.5 Å². The van der Waals surface area contributed by atoms with Gasteiger partial charge in [-0.25, -0.2) is 14.8 Å². The number of amides is 1. The second kappa shape index (κ2) is 6.95. The van der Waals surface area contributed by atoms with E-state index < -0.39 is 0 Å². The van der Waals surface area contributed by atoms with E-state index in [1.165, 1.54) is 6.20 Å². The fourth-order valence-electron chi connectivity index (χ4n) is 3.61. The molecule has 10 nitrogen and oxygen atoms in total. The van der Waals surface area contributed by atoms with Crippen LogP contribution in [0.1, 0.15) is 12.8 Å². The molecule has 5 aromatic rings. The Morgan fingerprint density at radius 3 is 2.78 bits per heavy atom. The van der Waals surface area contributed by atoms with Crippen LogP contribution in [0.25, 0.3) is 49.6 Å². The molecule has 1 aliphatic rings. The zero-order valence-electron chi connectivity index (χ0n) is 16.6. The highest BCUT2D eigenvalue weighted by Gasteiger charge is 2.29. The molecular formula is C22H15N9O. The molecule has 154 valence electrons. The molecule has 0 bridgehead atoms. The van der Waals surface area contributed by atoms with Gasteiger partial charge < -0.3 is 10.3 Å². The molecule has 10 heteroatoms.